The van der Waals surface area contributed by atoms with Gasteiger partial charge >= 0.3 is 0 Å². The summed E-state index contributed by atoms with van der Waals surface area (Å²) in [5.74, 6) is 5.00. The zero-order valence-electron chi connectivity index (χ0n) is 31.1. The van der Waals surface area contributed by atoms with Crippen molar-refractivity contribution in [3.8, 4) is 5.75 Å². The molecule has 3 fully saturated rings. The third kappa shape index (κ3) is 7.01. The maximum absolute atomic E-state index is 14.0. The molecule has 1 unspecified atom stereocenters. The monoisotopic (exact) mass is 751 g/mol. The Labute approximate surface area is 315 Å². The molecule has 3 N–H and O–H groups in total. The lowest BCUT2D eigenvalue weighted by molar-refractivity contribution is -0.113. The van der Waals surface area contributed by atoms with Crippen LogP contribution in [0.3, 0.4) is 0 Å². The van der Waals surface area contributed by atoms with Crippen molar-refractivity contribution in [2.24, 2.45) is 17.8 Å². The number of β-amino-alcohol motifs (C(OH)–C–C–N with tert-alkyl or cyclic N) is 1. The van der Waals surface area contributed by atoms with Gasteiger partial charge in [-0.3, -0.25) is 19.3 Å². The highest BCUT2D eigenvalue weighted by Gasteiger charge is 2.50. The second kappa shape index (κ2) is 14.4. The van der Waals surface area contributed by atoms with Crippen LogP contribution in [0.2, 0.25) is 5.02 Å². The number of nitrogens with one attached hydrogen (secondary N) is 2. The van der Waals surface area contributed by atoms with Gasteiger partial charge in [-0.15, -0.1) is 0 Å². The number of fused-ring (bicyclic) bond motifs is 5. The fourth-order valence-corrected chi connectivity index (χ4v) is 12.2. The number of carbonyl (C=O) groups is 1. The molecular weight excluding hydrogens is 694 g/mol. The van der Waals surface area contributed by atoms with Crippen molar-refractivity contribution >= 4 is 38.8 Å². The molecule has 8 rings (SSSR count). The van der Waals surface area contributed by atoms with E-state index in [1.54, 1.807) is 6.07 Å². The predicted octanol–water partition coefficient (Wildman–Crippen LogP) is 4.73. The van der Waals surface area contributed by atoms with Crippen molar-refractivity contribution in [3.05, 3.63) is 58.1 Å². The second-order valence-corrected chi connectivity index (χ2v) is 20.0. The molecule has 8 atom stereocenters. The number of carbonyl (C=O) groups excluding carboxylic acids is 1. The van der Waals surface area contributed by atoms with Crippen LogP contribution in [0, 0.1) is 17.8 Å². The van der Waals surface area contributed by atoms with Gasteiger partial charge in [0.25, 0.3) is 5.91 Å². The molecule has 0 radical (unpaired) electrons. The zero-order chi connectivity index (χ0) is 36.3. The van der Waals surface area contributed by atoms with Gasteiger partial charge in [0.1, 0.15) is 5.75 Å². The van der Waals surface area contributed by atoms with Gasteiger partial charge in [-0.1, -0.05) is 31.0 Å². The molecule has 2 aromatic rings. The summed E-state index contributed by atoms with van der Waals surface area (Å²) in [6.45, 7) is 13.0. The summed E-state index contributed by atoms with van der Waals surface area (Å²) in [5.41, 5.74) is 2.88. The molecule has 2 aromatic carbocycles. The molecule has 1 saturated carbocycles. The van der Waals surface area contributed by atoms with Gasteiger partial charge in [-0.05, 0) is 117 Å². The molecule has 4 heterocycles. The Hall–Kier alpha value is -2.34. The first-order valence-electron chi connectivity index (χ1n) is 19.8. The average Bonchev–Trinajstić information content (AvgIpc) is 3.25. The van der Waals surface area contributed by atoms with Gasteiger partial charge in [0, 0.05) is 86.2 Å². The molecule has 1 spiro atoms. The normalized spacial score (nSPS) is 37.4. The number of benzene rings is 2. The fourth-order valence-electron chi connectivity index (χ4n) is 10.5. The first-order chi connectivity index (χ1) is 24.9. The maximum atomic E-state index is 14.0. The highest BCUT2D eigenvalue weighted by molar-refractivity contribution is 7.99. The Morgan fingerprint density at radius 2 is 1.92 bits per heavy atom. The molecule has 9 nitrogen and oxygen atoms in total. The van der Waals surface area contributed by atoms with E-state index in [1.807, 2.05) is 25.1 Å². The third-order valence-corrected chi connectivity index (χ3v) is 16.4. The van der Waals surface area contributed by atoms with Gasteiger partial charge in [-0.25, -0.2) is 4.21 Å². The molecule has 11 heteroatoms. The summed E-state index contributed by atoms with van der Waals surface area (Å²) < 4.78 is 23.6. The van der Waals surface area contributed by atoms with Crippen molar-refractivity contribution < 1.29 is 18.8 Å². The van der Waals surface area contributed by atoms with Gasteiger partial charge in [0.15, 0.2) is 0 Å². The van der Waals surface area contributed by atoms with Crippen LogP contribution in [0.5, 0.6) is 5.75 Å². The first kappa shape index (κ1) is 36.6. The van der Waals surface area contributed by atoms with E-state index in [9.17, 15) is 14.1 Å². The molecule has 1 amide bonds. The summed E-state index contributed by atoms with van der Waals surface area (Å²) in [6.07, 6.45) is 7.49. The second-order valence-electron chi connectivity index (χ2n) is 17.2. The van der Waals surface area contributed by atoms with Crippen LogP contribution in [0.4, 0.5) is 5.69 Å². The van der Waals surface area contributed by atoms with Crippen LogP contribution in [-0.2, 0) is 21.5 Å². The lowest BCUT2D eigenvalue weighted by Gasteiger charge is -2.53. The summed E-state index contributed by atoms with van der Waals surface area (Å²) in [6, 6.07) is 12.5. The van der Waals surface area contributed by atoms with E-state index in [1.165, 1.54) is 11.1 Å². The number of hydrogen-bond donors (Lipinski definition) is 3. The lowest BCUT2D eigenvalue weighted by Crippen LogP contribution is -2.64. The zero-order valence-corrected chi connectivity index (χ0v) is 32.7. The van der Waals surface area contributed by atoms with Crippen LogP contribution >= 0.6 is 11.6 Å². The maximum Gasteiger partial charge on any atom is 0.262 e. The Morgan fingerprint density at radius 3 is 2.75 bits per heavy atom. The molecule has 2 aliphatic carbocycles. The molecule has 6 aliphatic rings. The number of aliphatic hydroxyl groups is 1. The van der Waals surface area contributed by atoms with Gasteiger partial charge in [-0.2, -0.15) is 0 Å². The average molecular weight is 752 g/mol. The summed E-state index contributed by atoms with van der Waals surface area (Å²) in [5, 5.41) is 17.0. The van der Waals surface area contributed by atoms with Crippen LogP contribution in [0.15, 0.2) is 36.4 Å². The first-order valence-corrected chi connectivity index (χ1v) is 22.0. The van der Waals surface area contributed by atoms with Crippen molar-refractivity contribution in [1.82, 2.24) is 19.8 Å². The van der Waals surface area contributed by atoms with E-state index in [2.05, 4.69) is 49.7 Å². The molecule has 0 aromatic heterocycles. The minimum absolute atomic E-state index is 0.0666. The van der Waals surface area contributed by atoms with Crippen LogP contribution in [0.25, 0.3) is 0 Å². The molecule has 52 heavy (non-hydrogen) atoms. The van der Waals surface area contributed by atoms with Crippen molar-refractivity contribution in [3.63, 3.8) is 0 Å². The Bertz CT molecular complexity index is 1770. The number of rotatable bonds is 2. The predicted molar refractivity (Wildman–Crippen MR) is 211 cm³/mol. The number of halogens is 1. The Balaban J connectivity index is 1.16. The van der Waals surface area contributed by atoms with Crippen LogP contribution in [-0.4, -0.2) is 113 Å². The van der Waals surface area contributed by atoms with E-state index in [0.29, 0.717) is 37.1 Å². The minimum atomic E-state index is -2.94. The van der Waals surface area contributed by atoms with E-state index < -0.39 is 15.3 Å². The summed E-state index contributed by atoms with van der Waals surface area (Å²) in [7, 11) is -2.94. The number of anilines is 1. The van der Waals surface area contributed by atoms with E-state index in [-0.39, 0.29) is 28.4 Å². The Kier molecular flexibility index (Phi) is 10.1. The van der Waals surface area contributed by atoms with Gasteiger partial charge < -0.3 is 20.1 Å². The van der Waals surface area contributed by atoms with Crippen LogP contribution in [0.1, 0.15) is 80.3 Å². The minimum Gasteiger partial charge on any atom is -0.490 e. The highest BCUT2D eigenvalue weighted by atomic mass is 35.5. The highest BCUT2D eigenvalue weighted by Crippen LogP contribution is 2.49. The molecule has 2 saturated heterocycles. The largest absolute Gasteiger partial charge is 0.490 e. The number of aryl methyl sites for hydroxylation is 1. The summed E-state index contributed by atoms with van der Waals surface area (Å²) in [4.78, 5) is 21.4. The molecular formula is C41H58ClN5O4S. The molecule has 4 aliphatic heterocycles. The van der Waals surface area contributed by atoms with Crippen molar-refractivity contribution in [2.75, 3.05) is 70.4 Å². The number of piperazine rings is 2. The number of amides is 1. The summed E-state index contributed by atoms with van der Waals surface area (Å²) >= 11 is 6.51. The van der Waals surface area contributed by atoms with Crippen molar-refractivity contribution in [2.45, 2.75) is 87.5 Å². The van der Waals surface area contributed by atoms with Gasteiger partial charge in [0.2, 0.25) is 0 Å². The topological polar surface area (TPSA) is 97.4 Å². The Morgan fingerprint density at radius 1 is 1.06 bits per heavy atom. The lowest BCUT2D eigenvalue weighted by atomic mass is 9.62. The van der Waals surface area contributed by atoms with E-state index >= 15 is 0 Å². The fraction of sp³-hybridized carbons (Fsp3) is 0.659. The quantitative estimate of drug-likeness (QED) is 0.380. The van der Waals surface area contributed by atoms with E-state index in [0.717, 1.165) is 114 Å². The smallest absolute Gasteiger partial charge is 0.262 e. The van der Waals surface area contributed by atoms with Crippen LogP contribution < -0.4 is 19.7 Å². The van der Waals surface area contributed by atoms with Crippen molar-refractivity contribution in [1.29, 1.82) is 0 Å². The molecule has 2 bridgehead atoms. The SMILES string of the molecule is C=S1(=O)NC(=O)c2ccc3c(c2)N(C[C@@H]2CC[C@H]2[C@](O)(CN2CCN4CCNC[C@H]4C2)CCC[C@H](C)[C@H]1C)C[C@@]1(CCCc2cc(Cl)ccc21)CO3. The van der Waals surface area contributed by atoms with E-state index in [4.69, 9.17) is 16.3 Å². The van der Waals surface area contributed by atoms with Gasteiger partial charge in [0.05, 0.1) is 27.6 Å². The number of ether oxygens (including phenoxy) is 1. The standard InChI is InChI=1S/C41H58ClN5O4S/c1-28-6-4-15-41(49,26-45-18-19-46-17-16-43-22-34(46)24-45)36-11-8-32(36)23-47-25-40(14-5-7-30-20-33(42)10-12-35(30)40)27-51-38-13-9-31(21-37(38)47)39(48)44-52(3,50)29(28)2/h9-10,12-13,20-21,28-29,32,34,36,43,49H,3-8,11,14-19,22-27H2,1-2H3,(H,44,48,50)/t28-,29+,32-,34-,36+,40-,41+,52?/m0/s1. The third-order valence-electron chi connectivity index (χ3n) is 13.9. The number of hydrogen-bond acceptors (Lipinski definition) is 8. The molecule has 284 valence electrons. The number of nitrogens with zero attached hydrogens (tertiary/aromatic N) is 3.